The third kappa shape index (κ3) is 7.10. The summed E-state index contributed by atoms with van der Waals surface area (Å²) in [6.45, 7) is 8.58. The number of anilines is 1. The molecular formula is C38H49N5O5. The maximum Gasteiger partial charge on any atom is 0.254 e. The fraction of sp³-hybridized carbons (Fsp3) is 0.474. The molecule has 10 heteroatoms. The number of nitrogens with one attached hydrogen (secondary N) is 1. The van der Waals surface area contributed by atoms with Gasteiger partial charge in [-0.25, -0.2) is 4.98 Å². The molecule has 256 valence electrons. The van der Waals surface area contributed by atoms with Gasteiger partial charge in [-0.15, -0.1) is 0 Å². The Morgan fingerprint density at radius 3 is 2.31 bits per heavy atom. The predicted octanol–water partition coefficient (Wildman–Crippen LogP) is 5.85. The molecule has 1 aromatic heterocycles. The lowest BCUT2D eigenvalue weighted by atomic mass is 9.76. The van der Waals surface area contributed by atoms with Crippen molar-refractivity contribution in [2.45, 2.75) is 50.6 Å². The lowest BCUT2D eigenvalue weighted by Gasteiger charge is -2.36. The van der Waals surface area contributed by atoms with Gasteiger partial charge < -0.3 is 38.6 Å². The second kappa shape index (κ2) is 15.3. The molecule has 1 atom stereocenters. The van der Waals surface area contributed by atoms with Gasteiger partial charge in [0.25, 0.3) is 5.91 Å². The molecule has 0 saturated carbocycles. The van der Waals surface area contributed by atoms with Crippen LogP contribution < -0.4 is 19.5 Å². The van der Waals surface area contributed by atoms with Gasteiger partial charge in [0.2, 0.25) is 11.7 Å². The summed E-state index contributed by atoms with van der Waals surface area (Å²) in [5, 5.41) is 3.77. The molecule has 2 aliphatic heterocycles. The van der Waals surface area contributed by atoms with E-state index in [1.54, 1.807) is 33.5 Å². The zero-order chi connectivity index (χ0) is 33.5. The van der Waals surface area contributed by atoms with Gasteiger partial charge in [-0.05, 0) is 69.0 Å². The number of ether oxygens (including phenoxy) is 4. The Morgan fingerprint density at radius 2 is 1.62 bits per heavy atom. The van der Waals surface area contributed by atoms with Crippen molar-refractivity contribution in [3.8, 4) is 17.2 Å². The molecule has 6 rings (SSSR count). The van der Waals surface area contributed by atoms with Crippen LogP contribution in [-0.2, 0) is 16.7 Å². The fourth-order valence-electron chi connectivity index (χ4n) is 7.38. The molecule has 0 spiro atoms. The second-order valence-electron chi connectivity index (χ2n) is 12.8. The molecule has 1 amide bonds. The second-order valence-corrected chi connectivity index (χ2v) is 12.8. The van der Waals surface area contributed by atoms with E-state index in [-0.39, 0.29) is 11.3 Å². The summed E-state index contributed by atoms with van der Waals surface area (Å²) in [4.78, 5) is 23.4. The van der Waals surface area contributed by atoms with Crippen molar-refractivity contribution < 1.29 is 23.7 Å². The van der Waals surface area contributed by atoms with Crippen molar-refractivity contribution in [2.24, 2.45) is 0 Å². The van der Waals surface area contributed by atoms with Crippen LogP contribution in [0, 0.1) is 0 Å². The Hall–Kier alpha value is -4.28. The van der Waals surface area contributed by atoms with Crippen LogP contribution >= 0.6 is 0 Å². The number of piperidine rings is 1. The lowest BCUT2D eigenvalue weighted by molar-refractivity contribution is 0.0779. The summed E-state index contributed by atoms with van der Waals surface area (Å²) in [6.07, 6.45) is 4.02. The number of para-hydroxylation sites is 2. The molecule has 0 radical (unpaired) electrons. The van der Waals surface area contributed by atoms with Gasteiger partial charge >= 0.3 is 0 Å². The molecule has 2 fully saturated rings. The van der Waals surface area contributed by atoms with Crippen molar-refractivity contribution in [1.82, 2.24) is 19.4 Å². The first kappa shape index (κ1) is 33.6. The third-order valence-electron chi connectivity index (χ3n) is 10.1. The minimum atomic E-state index is -0.113. The molecule has 3 heterocycles. The number of hydrogen-bond donors (Lipinski definition) is 1. The van der Waals surface area contributed by atoms with Crippen molar-refractivity contribution in [3.05, 3.63) is 77.9 Å². The molecular weight excluding hydrogens is 606 g/mol. The number of carbonyl (C=O) groups is 1. The van der Waals surface area contributed by atoms with Crippen LogP contribution in [-0.4, -0.2) is 98.6 Å². The molecule has 1 N–H and O–H groups in total. The quantitative estimate of drug-likeness (QED) is 0.169. The number of amides is 1. The Morgan fingerprint density at radius 1 is 0.917 bits per heavy atom. The first-order valence-electron chi connectivity index (χ1n) is 17.1. The maximum atomic E-state index is 13.9. The van der Waals surface area contributed by atoms with E-state index >= 15 is 0 Å². The number of rotatable bonds is 14. The predicted molar refractivity (Wildman–Crippen MR) is 189 cm³/mol. The zero-order valence-corrected chi connectivity index (χ0v) is 28.7. The molecule has 2 aliphatic rings. The molecule has 10 nitrogen and oxygen atoms in total. The Bertz CT molecular complexity index is 1640. The molecule has 0 bridgehead atoms. The number of aromatic nitrogens is 2. The highest BCUT2D eigenvalue weighted by Crippen LogP contribution is 2.41. The van der Waals surface area contributed by atoms with E-state index in [9.17, 15) is 4.79 Å². The maximum absolute atomic E-state index is 13.9. The van der Waals surface area contributed by atoms with Gasteiger partial charge in [-0.2, -0.15) is 0 Å². The number of likely N-dealkylation sites (tertiary alicyclic amines) is 2. The SMILES string of the molecule is CCOCCn1c(NC2CCN(CCC3(c4ccccc4)CCN(C(=O)c4cc(OC)c(OC)c(OC)c4)C3)CC2)nc2ccccc21. The lowest BCUT2D eigenvalue weighted by Crippen LogP contribution is -2.42. The van der Waals surface area contributed by atoms with Gasteiger partial charge in [0.1, 0.15) is 0 Å². The Kier molecular flexibility index (Phi) is 10.7. The van der Waals surface area contributed by atoms with Crippen LogP contribution in [0.5, 0.6) is 17.2 Å². The summed E-state index contributed by atoms with van der Waals surface area (Å²) in [5.74, 6) is 2.35. The fourth-order valence-corrected chi connectivity index (χ4v) is 7.38. The summed E-state index contributed by atoms with van der Waals surface area (Å²) >= 11 is 0. The summed E-state index contributed by atoms with van der Waals surface area (Å²) in [5.41, 5.74) is 3.87. The highest BCUT2D eigenvalue weighted by molar-refractivity contribution is 5.96. The highest BCUT2D eigenvalue weighted by atomic mass is 16.5. The Labute approximate surface area is 283 Å². The summed E-state index contributed by atoms with van der Waals surface area (Å²) in [7, 11) is 4.71. The first-order chi connectivity index (χ1) is 23.5. The van der Waals surface area contributed by atoms with E-state index < -0.39 is 0 Å². The molecule has 1 unspecified atom stereocenters. The zero-order valence-electron chi connectivity index (χ0n) is 28.7. The monoisotopic (exact) mass is 655 g/mol. The minimum absolute atomic E-state index is 0.0220. The van der Waals surface area contributed by atoms with Crippen molar-refractivity contribution >= 4 is 22.9 Å². The summed E-state index contributed by atoms with van der Waals surface area (Å²) < 4.78 is 24.5. The number of benzene rings is 3. The van der Waals surface area contributed by atoms with Crippen LogP contribution in [0.3, 0.4) is 0 Å². The Balaban J connectivity index is 1.11. The summed E-state index contributed by atoms with van der Waals surface area (Å²) in [6, 6.07) is 22.9. The molecule has 0 aliphatic carbocycles. The third-order valence-corrected chi connectivity index (χ3v) is 10.1. The van der Waals surface area contributed by atoms with E-state index in [4.69, 9.17) is 23.9 Å². The van der Waals surface area contributed by atoms with Gasteiger partial charge in [-0.1, -0.05) is 42.5 Å². The largest absolute Gasteiger partial charge is 0.493 e. The average molecular weight is 656 g/mol. The van der Waals surface area contributed by atoms with Crippen LogP contribution in [0.4, 0.5) is 5.95 Å². The van der Waals surface area contributed by atoms with Crippen molar-refractivity contribution in [2.75, 3.05) is 72.6 Å². The molecule has 2 saturated heterocycles. The van der Waals surface area contributed by atoms with Crippen LogP contribution in [0.2, 0.25) is 0 Å². The number of nitrogens with zero attached hydrogens (tertiary/aromatic N) is 4. The average Bonchev–Trinajstić information content (AvgIpc) is 3.73. The van der Waals surface area contributed by atoms with E-state index in [2.05, 4.69) is 63.3 Å². The number of hydrogen-bond acceptors (Lipinski definition) is 8. The van der Waals surface area contributed by atoms with Crippen LogP contribution in [0.1, 0.15) is 48.5 Å². The number of imidazole rings is 1. The number of methoxy groups -OCH3 is 3. The topological polar surface area (TPSA) is 90.3 Å². The van der Waals surface area contributed by atoms with E-state index in [1.807, 2.05) is 17.9 Å². The van der Waals surface area contributed by atoms with Gasteiger partial charge in [0.05, 0.1) is 39.0 Å². The number of fused-ring (bicyclic) bond motifs is 1. The smallest absolute Gasteiger partial charge is 0.254 e. The van der Waals surface area contributed by atoms with Gasteiger partial charge in [0, 0.05) is 56.4 Å². The number of carbonyl (C=O) groups excluding carboxylic acids is 1. The standard InChI is InChI=1S/C38H49N5O5/c1-5-48-24-23-43-32-14-10-9-13-31(32)40-37(43)39-30-15-19-41(20-16-30)21-17-38(29-11-7-6-8-12-29)18-22-42(27-38)36(44)28-25-33(45-2)35(47-4)34(26-28)46-3/h6-14,25-26,30H,5,15-24,27H2,1-4H3,(H,39,40). The van der Waals surface area contributed by atoms with Crippen molar-refractivity contribution in [3.63, 3.8) is 0 Å². The van der Waals surface area contributed by atoms with E-state index in [0.717, 1.165) is 68.8 Å². The van der Waals surface area contributed by atoms with Crippen molar-refractivity contribution in [1.29, 1.82) is 0 Å². The van der Waals surface area contributed by atoms with Gasteiger partial charge in [-0.3, -0.25) is 4.79 Å². The minimum Gasteiger partial charge on any atom is -0.493 e. The van der Waals surface area contributed by atoms with Crippen LogP contribution in [0.15, 0.2) is 66.7 Å². The molecule has 4 aromatic rings. The normalized spacial score (nSPS) is 18.7. The van der Waals surface area contributed by atoms with E-state index in [1.165, 1.54) is 5.56 Å². The molecule has 48 heavy (non-hydrogen) atoms. The first-order valence-corrected chi connectivity index (χ1v) is 17.1. The highest BCUT2D eigenvalue weighted by Gasteiger charge is 2.42. The van der Waals surface area contributed by atoms with Gasteiger partial charge in [0.15, 0.2) is 11.5 Å². The van der Waals surface area contributed by atoms with E-state index in [0.29, 0.717) is 55.2 Å². The van der Waals surface area contributed by atoms with Crippen LogP contribution in [0.25, 0.3) is 11.0 Å². The molecule has 3 aromatic carbocycles.